The minimum absolute atomic E-state index is 0.0446. The van der Waals surface area contributed by atoms with E-state index in [1.165, 1.54) is 42.1 Å². The van der Waals surface area contributed by atoms with E-state index in [2.05, 4.69) is 25.1 Å². The van der Waals surface area contributed by atoms with E-state index in [9.17, 15) is 22.0 Å². The fourth-order valence-electron chi connectivity index (χ4n) is 3.32. The van der Waals surface area contributed by atoms with Crippen LogP contribution in [-0.4, -0.2) is 42.8 Å². The van der Waals surface area contributed by atoms with Gasteiger partial charge in [-0.3, -0.25) is 4.40 Å². The normalized spacial score (nSPS) is 12.5. The van der Waals surface area contributed by atoms with Gasteiger partial charge in [0.05, 0.1) is 7.11 Å². The van der Waals surface area contributed by atoms with Gasteiger partial charge in [-0.25, -0.2) is 15.0 Å². The van der Waals surface area contributed by atoms with Crippen molar-refractivity contribution in [2.24, 2.45) is 0 Å². The molecule has 0 aliphatic carbocycles. The summed E-state index contributed by atoms with van der Waals surface area (Å²) < 4.78 is 79.6. The predicted molar refractivity (Wildman–Crippen MR) is 104 cm³/mol. The number of hydrogen-bond acceptors (Lipinski definition) is 7. The lowest BCUT2D eigenvalue weighted by atomic mass is 10.0. The van der Waals surface area contributed by atoms with E-state index in [4.69, 9.17) is 9.15 Å². The Kier molecular flexibility index (Phi) is 4.51. The van der Waals surface area contributed by atoms with Crippen molar-refractivity contribution >= 4 is 16.7 Å². The molecular weight excluding hydrogens is 451 g/mol. The van der Waals surface area contributed by atoms with Crippen molar-refractivity contribution in [3.63, 3.8) is 0 Å². The van der Waals surface area contributed by atoms with Crippen LogP contribution in [0.4, 0.5) is 22.0 Å². The van der Waals surface area contributed by atoms with E-state index in [-0.39, 0.29) is 34.3 Å². The third kappa shape index (κ3) is 3.32. The first kappa shape index (κ1) is 20.7. The number of nitrogens with zero attached hydrogens (tertiary/aromatic N) is 6. The number of imidazole rings is 1. The fourth-order valence-corrected chi connectivity index (χ4v) is 3.32. The van der Waals surface area contributed by atoms with Gasteiger partial charge >= 0.3 is 12.1 Å². The number of ether oxygens (including phenoxy) is 1. The lowest BCUT2D eigenvalue weighted by molar-refractivity contribution is -0.290. The first-order chi connectivity index (χ1) is 15.7. The first-order valence-corrected chi connectivity index (χ1v) is 9.24. The molecule has 0 aromatic carbocycles. The minimum atomic E-state index is -5.85. The summed E-state index contributed by atoms with van der Waals surface area (Å²) in [6.45, 7) is 0. The molecular formula is C20H11F5N6O2. The monoisotopic (exact) mass is 462 g/mol. The SMILES string of the molecule is COc1ccc(-c2cc(C(F)(F)C(F)(F)F)nc3c2ccc2nc(-c4nnco4)cn23)cn1. The van der Waals surface area contributed by atoms with E-state index >= 15 is 0 Å². The number of fused-ring (bicyclic) bond motifs is 3. The fraction of sp³-hybridized carbons (Fsp3) is 0.150. The Balaban J connectivity index is 1.83. The number of halogens is 5. The zero-order valence-corrected chi connectivity index (χ0v) is 16.5. The van der Waals surface area contributed by atoms with Crippen LogP contribution in [0.25, 0.3) is 39.4 Å². The van der Waals surface area contributed by atoms with Crippen molar-refractivity contribution in [2.75, 3.05) is 7.11 Å². The number of alkyl halides is 5. The summed E-state index contributed by atoms with van der Waals surface area (Å²) in [5.74, 6) is -4.91. The van der Waals surface area contributed by atoms with Crippen LogP contribution < -0.4 is 4.74 Å². The Morgan fingerprint density at radius 3 is 2.48 bits per heavy atom. The van der Waals surface area contributed by atoms with Crippen LogP contribution in [0.3, 0.4) is 0 Å². The average Bonchev–Trinajstić information content (AvgIpc) is 3.47. The van der Waals surface area contributed by atoms with Gasteiger partial charge in [0.2, 0.25) is 12.3 Å². The average molecular weight is 462 g/mol. The Labute approximate surface area is 180 Å². The number of pyridine rings is 3. The molecule has 5 aromatic heterocycles. The predicted octanol–water partition coefficient (Wildman–Crippen LogP) is 4.66. The zero-order valence-electron chi connectivity index (χ0n) is 16.5. The molecule has 5 heterocycles. The third-order valence-electron chi connectivity index (χ3n) is 4.91. The highest BCUT2D eigenvalue weighted by atomic mass is 19.4. The summed E-state index contributed by atoms with van der Waals surface area (Å²) in [5.41, 5.74) is -0.841. The molecule has 0 radical (unpaired) electrons. The largest absolute Gasteiger partial charge is 0.481 e. The molecule has 0 saturated carbocycles. The van der Waals surface area contributed by atoms with Crippen molar-refractivity contribution < 1.29 is 31.1 Å². The number of methoxy groups -OCH3 is 1. The van der Waals surface area contributed by atoms with Gasteiger partial charge in [-0.15, -0.1) is 10.2 Å². The highest BCUT2D eigenvalue weighted by Gasteiger charge is 2.60. The van der Waals surface area contributed by atoms with Crippen molar-refractivity contribution in [1.29, 1.82) is 0 Å². The molecule has 0 aliphatic heterocycles. The maximum Gasteiger partial charge on any atom is 0.459 e. The van der Waals surface area contributed by atoms with Crippen LogP contribution in [0, 0.1) is 0 Å². The van der Waals surface area contributed by atoms with E-state index < -0.39 is 17.8 Å². The van der Waals surface area contributed by atoms with Gasteiger partial charge in [0.25, 0.3) is 5.89 Å². The molecule has 0 N–H and O–H groups in total. The minimum Gasteiger partial charge on any atom is -0.481 e. The molecule has 0 saturated heterocycles. The topological polar surface area (TPSA) is 91.2 Å². The molecule has 0 bridgehead atoms. The van der Waals surface area contributed by atoms with Crippen LogP contribution in [0.2, 0.25) is 0 Å². The molecule has 33 heavy (non-hydrogen) atoms. The highest BCUT2D eigenvalue weighted by Crippen LogP contribution is 2.45. The van der Waals surface area contributed by atoms with Crippen LogP contribution in [0.15, 0.2) is 53.5 Å². The summed E-state index contributed by atoms with van der Waals surface area (Å²) in [6.07, 6.45) is -2.10. The molecule has 5 rings (SSSR count). The Hall–Kier alpha value is -4.16. The van der Waals surface area contributed by atoms with Gasteiger partial charge < -0.3 is 9.15 Å². The third-order valence-corrected chi connectivity index (χ3v) is 4.91. The smallest absolute Gasteiger partial charge is 0.459 e. The summed E-state index contributed by atoms with van der Waals surface area (Å²) in [7, 11) is 1.39. The quantitative estimate of drug-likeness (QED) is 0.359. The zero-order chi connectivity index (χ0) is 23.4. The molecule has 8 nitrogen and oxygen atoms in total. The molecule has 0 amide bonds. The lowest BCUT2D eigenvalue weighted by Gasteiger charge is -2.20. The van der Waals surface area contributed by atoms with Gasteiger partial charge in [-0.2, -0.15) is 22.0 Å². The molecule has 13 heteroatoms. The van der Waals surface area contributed by atoms with Crippen molar-refractivity contribution in [3.05, 3.63) is 54.8 Å². The summed E-state index contributed by atoms with van der Waals surface area (Å²) >= 11 is 0. The molecule has 0 fully saturated rings. The van der Waals surface area contributed by atoms with Crippen LogP contribution in [0.5, 0.6) is 5.88 Å². The van der Waals surface area contributed by atoms with Gasteiger partial charge in [-0.05, 0) is 29.8 Å². The Morgan fingerprint density at radius 2 is 1.85 bits per heavy atom. The van der Waals surface area contributed by atoms with Gasteiger partial charge in [0.1, 0.15) is 22.7 Å². The van der Waals surface area contributed by atoms with Gasteiger partial charge in [0, 0.05) is 29.4 Å². The first-order valence-electron chi connectivity index (χ1n) is 9.24. The molecule has 0 spiro atoms. The maximum absolute atomic E-state index is 14.4. The van der Waals surface area contributed by atoms with Gasteiger partial charge in [0.15, 0.2) is 0 Å². The molecule has 5 aromatic rings. The summed E-state index contributed by atoms with van der Waals surface area (Å²) in [4.78, 5) is 12.0. The molecule has 0 atom stereocenters. The second kappa shape index (κ2) is 7.18. The lowest BCUT2D eigenvalue weighted by Crippen LogP contribution is -2.34. The van der Waals surface area contributed by atoms with E-state index in [1.807, 2.05) is 0 Å². The molecule has 168 valence electrons. The maximum atomic E-state index is 14.4. The Bertz CT molecular complexity index is 1460. The standard InChI is InChI=1S/C20H11F5N6O2/c1-32-16-5-2-10(7-26-16)12-6-14(19(21,22)20(23,24)25)29-17-11(12)3-4-15-28-13(8-31(15)17)18-30-27-9-33-18/h2-9H,1H3. The van der Waals surface area contributed by atoms with Crippen molar-refractivity contribution in [3.8, 4) is 28.6 Å². The summed E-state index contributed by atoms with van der Waals surface area (Å²) in [5, 5.41) is 7.58. The number of hydrogen-bond donors (Lipinski definition) is 0. The second-order valence-corrected chi connectivity index (χ2v) is 6.89. The Morgan fingerprint density at radius 1 is 1.03 bits per heavy atom. The number of aromatic nitrogens is 6. The summed E-state index contributed by atoms with van der Waals surface area (Å²) in [6, 6.07) is 6.76. The van der Waals surface area contributed by atoms with Crippen LogP contribution in [-0.2, 0) is 5.92 Å². The van der Waals surface area contributed by atoms with E-state index in [0.29, 0.717) is 17.0 Å². The van der Waals surface area contributed by atoms with Crippen molar-refractivity contribution in [1.82, 2.24) is 29.5 Å². The van der Waals surface area contributed by atoms with Crippen molar-refractivity contribution in [2.45, 2.75) is 12.1 Å². The highest BCUT2D eigenvalue weighted by molar-refractivity contribution is 5.94. The van der Waals surface area contributed by atoms with Gasteiger partial charge in [-0.1, -0.05) is 0 Å². The van der Waals surface area contributed by atoms with E-state index in [1.54, 1.807) is 6.07 Å². The number of rotatable bonds is 4. The van der Waals surface area contributed by atoms with E-state index in [0.717, 1.165) is 6.39 Å². The molecule has 0 aliphatic rings. The molecule has 0 unspecified atom stereocenters. The second-order valence-electron chi connectivity index (χ2n) is 6.89. The van der Waals surface area contributed by atoms with Crippen LogP contribution >= 0.6 is 0 Å². The van der Waals surface area contributed by atoms with Crippen LogP contribution in [0.1, 0.15) is 5.69 Å².